The molecule has 0 aliphatic heterocycles. The van der Waals surface area contributed by atoms with Crippen LogP contribution in [0, 0.1) is 18.3 Å². The van der Waals surface area contributed by atoms with Gasteiger partial charge in [-0.05, 0) is 30.9 Å². The van der Waals surface area contributed by atoms with Gasteiger partial charge in [0.2, 0.25) is 0 Å². The zero-order valence-electron chi connectivity index (χ0n) is 10.7. The van der Waals surface area contributed by atoms with E-state index in [0.717, 1.165) is 12.8 Å². The highest BCUT2D eigenvalue weighted by molar-refractivity contribution is 5.38. The van der Waals surface area contributed by atoms with Crippen LogP contribution in [0.4, 0.5) is 0 Å². The minimum Gasteiger partial charge on any atom is -0.197 e. The average molecular weight is 227 g/mol. The number of benzene rings is 1. The summed E-state index contributed by atoms with van der Waals surface area (Å²) in [4.78, 5) is 0. The van der Waals surface area contributed by atoms with E-state index in [9.17, 15) is 5.26 Å². The van der Waals surface area contributed by atoms with Crippen molar-refractivity contribution in [2.45, 2.75) is 57.3 Å². The lowest BCUT2D eigenvalue weighted by atomic mass is 9.71. The molecule has 0 N–H and O–H groups in total. The van der Waals surface area contributed by atoms with Gasteiger partial charge in [-0.3, -0.25) is 0 Å². The fourth-order valence-electron chi connectivity index (χ4n) is 3.06. The second-order valence-corrected chi connectivity index (χ2v) is 5.28. The summed E-state index contributed by atoms with van der Waals surface area (Å²) in [7, 11) is 0. The predicted octanol–water partition coefficient (Wildman–Crippen LogP) is 4.50. The van der Waals surface area contributed by atoms with Crippen LogP contribution in [-0.2, 0) is 5.41 Å². The number of hydrogen-bond donors (Lipinski definition) is 0. The van der Waals surface area contributed by atoms with Gasteiger partial charge < -0.3 is 0 Å². The summed E-state index contributed by atoms with van der Waals surface area (Å²) in [6, 6.07) is 11.1. The number of hydrogen-bond acceptors (Lipinski definition) is 1. The molecule has 2 rings (SSSR count). The van der Waals surface area contributed by atoms with Crippen molar-refractivity contribution in [3.63, 3.8) is 0 Å². The summed E-state index contributed by atoms with van der Waals surface area (Å²) in [5.41, 5.74) is 2.32. The topological polar surface area (TPSA) is 23.8 Å². The Morgan fingerprint density at radius 1 is 1.00 bits per heavy atom. The molecule has 0 radical (unpaired) electrons. The summed E-state index contributed by atoms with van der Waals surface area (Å²) < 4.78 is 0. The van der Waals surface area contributed by atoms with Crippen molar-refractivity contribution in [1.82, 2.24) is 0 Å². The lowest BCUT2D eigenvalue weighted by Crippen LogP contribution is -2.26. The van der Waals surface area contributed by atoms with Gasteiger partial charge >= 0.3 is 0 Å². The van der Waals surface area contributed by atoms with Crippen molar-refractivity contribution < 1.29 is 0 Å². The molecule has 0 spiro atoms. The molecule has 1 saturated carbocycles. The number of rotatable bonds is 1. The first-order valence-electron chi connectivity index (χ1n) is 6.76. The molecule has 0 saturated heterocycles. The fourth-order valence-corrected chi connectivity index (χ4v) is 3.06. The molecule has 0 atom stereocenters. The monoisotopic (exact) mass is 227 g/mol. The first kappa shape index (κ1) is 12.2. The van der Waals surface area contributed by atoms with E-state index in [1.54, 1.807) is 0 Å². The number of aryl methyl sites for hydroxylation is 1. The standard InChI is InChI=1S/C16H21N/c1-14-9-5-6-10-15(14)16(13-17)11-7-3-2-4-8-12-16/h5-6,9-10H,2-4,7-8,11-12H2,1H3. The Hall–Kier alpha value is -1.29. The highest BCUT2D eigenvalue weighted by atomic mass is 14.4. The van der Waals surface area contributed by atoms with Crippen molar-refractivity contribution in [2.24, 2.45) is 0 Å². The molecule has 90 valence electrons. The molecule has 1 nitrogen and oxygen atoms in total. The van der Waals surface area contributed by atoms with E-state index in [2.05, 4.69) is 37.3 Å². The first-order chi connectivity index (χ1) is 8.28. The normalized spacial score (nSPS) is 20.0. The zero-order valence-corrected chi connectivity index (χ0v) is 10.7. The summed E-state index contributed by atoms with van der Waals surface area (Å²) in [6.45, 7) is 2.13. The predicted molar refractivity (Wildman–Crippen MR) is 70.8 cm³/mol. The van der Waals surface area contributed by atoms with E-state index in [4.69, 9.17) is 0 Å². The average Bonchev–Trinajstić information content (AvgIpc) is 2.31. The van der Waals surface area contributed by atoms with Crippen LogP contribution in [0.25, 0.3) is 0 Å². The van der Waals surface area contributed by atoms with Gasteiger partial charge in [0.05, 0.1) is 11.5 Å². The van der Waals surface area contributed by atoms with E-state index in [0.29, 0.717) is 0 Å². The molecule has 1 aliphatic rings. The molecule has 1 aromatic carbocycles. The maximum atomic E-state index is 9.69. The number of nitriles is 1. The van der Waals surface area contributed by atoms with Crippen LogP contribution in [0.2, 0.25) is 0 Å². The SMILES string of the molecule is Cc1ccccc1C1(C#N)CCCCCCC1. The van der Waals surface area contributed by atoms with Crippen molar-refractivity contribution in [1.29, 1.82) is 5.26 Å². The maximum Gasteiger partial charge on any atom is 0.0825 e. The van der Waals surface area contributed by atoms with Gasteiger partial charge in [0.25, 0.3) is 0 Å². The molecular weight excluding hydrogens is 206 g/mol. The van der Waals surface area contributed by atoms with E-state index < -0.39 is 0 Å². The smallest absolute Gasteiger partial charge is 0.0825 e. The second kappa shape index (κ2) is 5.36. The maximum absolute atomic E-state index is 9.69. The summed E-state index contributed by atoms with van der Waals surface area (Å²) in [6.07, 6.45) is 8.38. The van der Waals surface area contributed by atoms with E-state index in [1.807, 2.05) is 0 Å². The number of nitrogens with zero attached hydrogens (tertiary/aromatic N) is 1. The van der Waals surface area contributed by atoms with Crippen molar-refractivity contribution >= 4 is 0 Å². The van der Waals surface area contributed by atoms with Crippen LogP contribution in [0.3, 0.4) is 0 Å². The molecule has 0 amide bonds. The second-order valence-electron chi connectivity index (χ2n) is 5.28. The molecule has 1 aromatic rings. The molecule has 1 fully saturated rings. The highest BCUT2D eigenvalue weighted by Gasteiger charge is 2.33. The van der Waals surface area contributed by atoms with Gasteiger partial charge in [-0.25, -0.2) is 0 Å². The Balaban J connectivity index is 2.35. The van der Waals surface area contributed by atoms with Crippen LogP contribution in [0.15, 0.2) is 24.3 Å². The third kappa shape index (κ3) is 2.52. The molecule has 1 heteroatoms. The lowest BCUT2D eigenvalue weighted by Gasteiger charge is -2.30. The van der Waals surface area contributed by atoms with Crippen molar-refractivity contribution in [2.75, 3.05) is 0 Å². The first-order valence-corrected chi connectivity index (χ1v) is 6.76. The molecule has 0 unspecified atom stereocenters. The summed E-state index contributed by atoms with van der Waals surface area (Å²) in [5.74, 6) is 0. The Labute approximate surface area is 104 Å². The van der Waals surface area contributed by atoms with Crippen molar-refractivity contribution in [3.05, 3.63) is 35.4 Å². The molecule has 0 aromatic heterocycles. The van der Waals surface area contributed by atoms with E-state index in [-0.39, 0.29) is 5.41 Å². The van der Waals surface area contributed by atoms with Crippen LogP contribution in [0.5, 0.6) is 0 Å². The molecule has 1 aliphatic carbocycles. The Morgan fingerprint density at radius 3 is 2.18 bits per heavy atom. The highest BCUT2D eigenvalue weighted by Crippen LogP contribution is 2.38. The van der Waals surface area contributed by atoms with Gasteiger partial charge in [0, 0.05) is 0 Å². The minimum absolute atomic E-state index is 0.217. The molecule has 0 heterocycles. The summed E-state index contributed by atoms with van der Waals surface area (Å²) >= 11 is 0. The van der Waals surface area contributed by atoms with Crippen LogP contribution in [-0.4, -0.2) is 0 Å². The third-order valence-corrected chi connectivity index (χ3v) is 4.08. The van der Waals surface area contributed by atoms with E-state index in [1.165, 1.54) is 43.2 Å². The van der Waals surface area contributed by atoms with E-state index >= 15 is 0 Å². The zero-order chi connectivity index (χ0) is 12.1. The van der Waals surface area contributed by atoms with Crippen molar-refractivity contribution in [3.8, 4) is 6.07 Å². The van der Waals surface area contributed by atoms with Gasteiger partial charge in [0.15, 0.2) is 0 Å². The van der Waals surface area contributed by atoms with Gasteiger partial charge in [0.1, 0.15) is 0 Å². The summed E-state index contributed by atoms with van der Waals surface area (Å²) in [5, 5.41) is 9.69. The third-order valence-electron chi connectivity index (χ3n) is 4.08. The van der Waals surface area contributed by atoms with Crippen LogP contribution < -0.4 is 0 Å². The van der Waals surface area contributed by atoms with Gasteiger partial charge in [-0.1, -0.05) is 56.4 Å². The Kier molecular flexibility index (Phi) is 3.84. The molecule has 17 heavy (non-hydrogen) atoms. The minimum atomic E-state index is -0.217. The van der Waals surface area contributed by atoms with Crippen LogP contribution >= 0.6 is 0 Å². The molecular formula is C16H21N. The van der Waals surface area contributed by atoms with Crippen LogP contribution in [0.1, 0.15) is 56.1 Å². The van der Waals surface area contributed by atoms with Gasteiger partial charge in [-0.15, -0.1) is 0 Å². The Bertz CT molecular complexity index is 406. The lowest BCUT2D eigenvalue weighted by molar-refractivity contribution is 0.384. The molecule has 0 bridgehead atoms. The van der Waals surface area contributed by atoms with Gasteiger partial charge in [-0.2, -0.15) is 5.26 Å². The Morgan fingerprint density at radius 2 is 1.59 bits per heavy atom. The quantitative estimate of drug-likeness (QED) is 0.693. The largest absolute Gasteiger partial charge is 0.197 e. The fraction of sp³-hybridized carbons (Fsp3) is 0.562.